The standard InChI is InChI=1S/C13H15FN4O/c1-19-12-7-11(10(15)6-9(12)14)18-5-4-17-3-2-16-13(17)8-18/h2-3,6-7H,4-5,8,15H2,1H3. The summed E-state index contributed by atoms with van der Waals surface area (Å²) in [7, 11) is 1.45. The van der Waals surface area contributed by atoms with E-state index in [0.717, 1.165) is 24.6 Å². The number of anilines is 2. The molecule has 0 fully saturated rings. The number of ether oxygens (including phenoxy) is 1. The summed E-state index contributed by atoms with van der Waals surface area (Å²) in [6.45, 7) is 2.31. The van der Waals surface area contributed by atoms with Crippen LogP contribution >= 0.6 is 0 Å². The van der Waals surface area contributed by atoms with E-state index in [1.807, 2.05) is 6.20 Å². The topological polar surface area (TPSA) is 56.3 Å². The van der Waals surface area contributed by atoms with E-state index in [4.69, 9.17) is 10.5 Å². The Morgan fingerprint density at radius 2 is 2.21 bits per heavy atom. The van der Waals surface area contributed by atoms with E-state index in [9.17, 15) is 4.39 Å². The first kappa shape index (κ1) is 11.8. The number of imidazole rings is 1. The van der Waals surface area contributed by atoms with Gasteiger partial charge in [0.25, 0.3) is 0 Å². The summed E-state index contributed by atoms with van der Waals surface area (Å²) >= 11 is 0. The Bertz CT molecular complexity index is 611. The number of rotatable bonds is 2. The Kier molecular flexibility index (Phi) is 2.77. The van der Waals surface area contributed by atoms with Crippen molar-refractivity contribution in [2.24, 2.45) is 0 Å². The molecule has 1 aromatic carbocycles. The number of halogens is 1. The van der Waals surface area contributed by atoms with Crippen LogP contribution in [0.3, 0.4) is 0 Å². The van der Waals surface area contributed by atoms with Crippen LogP contribution in [0.1, 0.15) is 5.82 Å². The molecule has 0 aliphatic carbocycles. The van der Waals surface area contributed by atoms with E-state index >= 15 is 0 Å². The first-order valence-corrected chi connectivity index (χ1v) is 6.07. The third-order valence-electron chi connectivity index (χ3n) is 3.39. The lowest BCUT2D eigenvalue weighted by Gasteiger charge is -2.30. The van der Waals surface area contributed by atoms with Crippen LogP contribution in [0.2, 0.25) is 0 Å². The molecule has 3 rings (SSSR count). The number of hydrogen-bond acceptors (Lipinski definition) is 4. The molecule has 0 saturated carbocycles. The lowest BCUT2D eigenvalue weighted by molar-refractivity contribution is 0.386. The zero-order valence-electron chi connectivity index (χ0n) is 10.6. The van der Waals surface area contributed by atoms with Crippen LogP contribution in [0.15, 0.2) is 24.5 Å². The van der Waals surface area contributed by atoms with Gasteiger partial charge < -0.3 is 19.9 Å². The minimum atomic E-state index is -0.442. The summed E-state index contributed by atoms with van der Waals surface area (Å²) in [6, 6.07) is 2.94. The highest BCUT2D eigenvalue weighted by Crippen LogP contribution is 2.32. The molecular weight excluding hydrogens is 247 g/mol. The Morgan fingerprint density at radius 3 is 3.00 bits per heavy atom. The van der Waals surface area contributed by atoms with E-state index in [0.29, 0.717) is 12.2 Å². The fraction of sp³-hybridized carbons (Fsp3) is 0.308. The van der Waals surface area contributed by atoms with E-state index in [1.165, 1.54) is 13.2 Å². The van der Waals surface area contributed by atoms with Crippen LogP contribution in [-0.4, -0.2) is 23.2 Å². The Morgan fingerprint density at radius 1 is 1.37 bits per heavy atom. The molecule has 1 aromatic heterocycles. The van der Waals surface area contributed by atoms with Gasteiger partial charge in [-0.15, -0.1) is 0 Å². The quantitative estimate of drug-likeness (QED) is 0.836. The van der Waals surface area contributed by atoms with Gasteiger partial charge in [-0.3, -0.25) is 0 Å². The van der Waals surface area contributed by atoms with Crippen molar-refractivity contribution in [2.45, 2.75) is 13.1 Å². The fourth-order valence-corrected chi connectivity index (χ4v) is 2.37. The Hall–Kier alpha value is -2.24. The first-order valence-electron chi connectivity index (χ1n) is 6.07. The van der Waals surface area contributed by atoms with Crippen molar-refractivity contribution < 1.29 is 9.13 Å². The second kappa shape index (κ2) is 4.46. The molecular formula is C13H15FN4O. The second-order valence-corrected chi connectivity index (χ2v) is 4.50. The van der Waals surface area contributed by atoms with Gasteiger partial charge >= 0.3 is 0 Å². The van der Waals surface area contributed by atoms with Gasteiger partial charge in [-0.05, 0) is 0 Å². The SMILES string of the molecule is COc1cc(N2CCn3ccnc3C2)c(N)cc1F. The minimum Gasteiger partial charge on any atom is -0.494 e. The summed E-state index contributed by atoms with van der Waals surface area (Å²) in [4.78, 5) is 6.38. The van der Waals surface area contributed by atoms with Crippen LogP contribution in [0, 0.1) is 5.82 Å². The van der Waals surface area contributed by atoms with Crippen molar-refractivity contribution in [2.75, 3.05) is 24.3 Å². The van der Waals surface area contributed by atoms with Crippen LogP contribution in [0.5, 0.6) is 5.75 Å². The van der Waals surface area contributed by atoms with Crippen molar-refractivity contribution in [3.05, 3.63) is 36.2 Å². The average Bonchev–Trinajstić information content (AvgIpc) is 2.86. The van der Waals surface area contributed by atoms with Crippen LogP contribution in [-0.2, 0) is 13.1 Å². The van der Waals surface area contributed by atoms with E-state index < -0.39 is 5.82 Å². The average molecular weight is 262 g/mol. The highest BCUT2D eigenvalue weighted by molar-refractivity contribution is 5.70. The molecule has 1 aliphatic heterocycles. The number of methoxy groups -OCH3 is 1. The lowest BCUT2D eigenvalue weighted by Crippen LogP contribution is -2.34. The maximum Gasteiger partial charge on any atom is 0.167 e. The molecule has 19 heavy (non-hydrogen) atoms. The smallest absolute Gasteiger partial charge is 0.167 e. The molecule has 2 aromatic rings. The van der Waals surface area contributed by atoms with Gasteiger partial charge in [0.05, 0.1) is 25.0 Å². The summed E-state index contributed by atoms with van der Waals surface area (Å²) in [5.74, 6) is 0.745. The first-order chi connectivity index (χ1) is 9.19. The lowest BCUT2D eigenvalue weighted by atomic mass is 10.2. The number of hydrogen-bond donors (Lipinski definition) is 1. The van der Waals surface area contributed by atoms with E-state index in [2.05, 4.69) is 14.5 Å². The molecule has 1 aliphatic rings. The molecule has 0 spiro atoms. The number of nitrogens with two attached hydrogens (primary N) is 1. The molecule has 2 heterocycles. The summed E-state index contributed by atoms with van der Waals surface area (Å²) < 4.78 is 20.7. The molecule has 0 unspecified atom stereocenters. The van der Waals surface area contributed by atoms with Crippen molar-refractivity contribution in [1.29, 1.82) is 0 Å². The monoisotopic (exact) mass is 262 g/mol. The Labute approximate surface area is 110 Å². The number of aromatic nitrogens is 2. The fourth-order valence-electron chi connectivity index (χ4n) is 2.37. The maximum absolute atomic E-state index is 13.5. The van der Waals surface area contributed by atoms with Gasteiger partial charge in [-0.2, -0.15) is 0 Å². The number of benzene rings is 1. The largest absolute Gasteiger partial charge is 0.494 e. The molecule has 0 amide bonds. The number of fused-ring (bicyclic) bond motifs is 1. The molecule has 0 bridgehead atoms. The van der Waals surface area contributed by atoms with Crippen molar-refractivity contribution >= 4 is 11.4 Å². The van der Waals surface area contributed by atoms with Gasteiger partial charge in [0.1, 0.15) is 5.82 Å². The van der Waals surface area contributed by atoms with Crippen molar-refractivity contribution in [1.82, 2.24) is 9.55 Å². The molecule has 6 heteroatoms. The maximum atomic E-state index is 13.5. The summed E-state index contributed by atoms with van der Waals surface area (Å²) in [5, 5.41) is 0. The predicted octanol–water partition coefficient (Wildman–Crippen LogP) is 1.63. The molecule has 0 saturated heterocycles. The van der Waals surface area contributed by atoms with Crippen molar-refractivity contribution in [3.8, 4) is 5.75 Å². The summed E-state index contributed by atoms with van der Waals surface area (Å²) in [5.41, 5.74) is 7.11. The zero-order valence-corrected chi connectivity index (χ0v) is 10.6. The molecule has 0 radical (unpaired) electrons. The van der Waals surface area contributed by atoms with Gasteiger partial charge in [0, 0.05) is 37.6 Å². The van der Waals surface area contributed by atoms with Gasteiger partial charge in [-0.1, -0.05) is 0 Å². The van der Waals surface area contributed by atoms with Crippen molar-refractivity contribution in [3.63, 3.8) is 0 Å². The Balaban J connectivity index is 1.95. The third-order valence-corrected chi connectivity index (χ3v) is 3.39. The number of nitrogens with zero attached hydrogens (tertiary/aromatic N) is 3. The third kappa shape index (κ3) is 1.99. The molecule has 5 nitrogen and oxygen atoms in total. The highest BCUT2D eigenvalue weighted by atomic mass is 19.1. The molecule has 100 valence electrons. The normalized spacial score (nSPS) is 14.3. The van der Waals surface area contributed by atoms with Gasteiger partial charge in [-0.25, -0.2) is 9.37 Å². The van der Waals surface area contributed by atoms with E-state index in [1.54, 1.807) is 12.3 Å². The molecule has 2 N–H and O–H groups in total. The van der Waals surface area contributed by atoms with Gasteiger partial charge in [0.15, 0.2) is 11.6 Å². The highest BCUT2D eigenvalue weighted by Gasteiger charge is 2.20. The zero-order chi connectivity index (χ0) is 13.4. The van der Waals surface area contributed by atoms with Crippen LogP contribution in [0.25, 0.3) is 0 Å². The van der Waals surface area contributed by atoms with Gasteiger partial charge in [0.2, 0.25) is 0 Å². The predicted molar refractivity (Wildman–Crippen MR) is 70.6 cm³/mol. The molecule has 0 atom stereocenters. The second-order valence-electron chi connectivity index (χ2n) is 4.50. The van der Waals surface area contributed by atoms with Crippen LogP contribution < -0.4 is 15.4 Å². The minimum absolute atomic E-state index is 0.207. The summed E-state index contributed by atoms with van der Waals surface area (Å²) in [6.07, 6.45) is 3.74. The van der Waals surface area contributed by atoms with Crippen LogP contribution in [0.4, 0.5) is 15.8 Å². The number of nitrogen functional groups attached to an aromatic ring is 1. The van der Waals surface area contributed by atoms with E-state index in [-0.39, 0.29) is 5.75 Å².